The summed E-state index contributed by atoms with van der Waals surface area (Å²) in [6.07, 6.45) is 1.48. The van der Waals surface area contributed by atoms with Crippen LogP contribution in [0.3, 0.4) is 0 Å². The topological polar surface area (TPSA) is 36.9 Å². The summed E-state index contributed by atoms with van der Waals surface area (Å²) < 4.78 is 27.3. The molecule has 6 heteroatoms. The first-order valence-electron chi connectivity index (χ1n) is 14.7. The van der Waals surface area contributed by atoms with E-state index < -0.39 is 5.91 Å². The first kappa shape index (κ1) is 34.6. The van der Waals surface area contributed by atoms with E-state index in [2.05, 4.69) is 60.8 Å². The number of rotatable bonds is 17. The van der Waals surface area contributed by atoms with Crippen LogP contribution in [0.4, 0.5) is 0 Å². The van der Waals surface area contributed by atoms with E-state index in [0.717, 1.165) is 36.4 Å². The van der Waals surface area contributed by atoms with Crippen LogP contribution in [0, 0.1) is 11.8 Å². The van der Waals surface area contributed by atoms with Crippen LogP contribution in [0.25, 0.3) is 0 Å². The number of halogens is 1. The highest BCUT2D eigenvalue weighted by Gasteiger charge is 2.51. The molecular weight excluding hydrogens is 534 g/mol. The van der Waals surface area contributed by atoms with Crippen molar-refractivity contribution in [3.8, 4) is 11.5 Å². The Kier molecular flexibility index (Phi) is 14.2. The molecule has 0 saturated carbocycles. The Morgan fingerprint density at radius 1 is 0.610 bits per heavy atom. The summed E-state index contributed by atoms with van der Waals surface area (Å²) in [6, 6.07) is 30.3. The molecule has 41 heavy (non-hydrogen) atoms. The molecule has 226 valence electrons. The van der Waals surface area contributed by atoms with Crippen LogP contribution in [0.1, 0.15) is 53.0 Å². The average Bonchev–Trinajstić information content (AvgIpc) is 2.94. The van der Waals surface area contributed by atoms with Crippen molar-refractivity contribution in [1.82, 2.24) is 0 Å². The van der Waals surface area contributed by atoms with Gasteiger partial charge < -0.3 is 21.9 Å². The summed E-state index contributed by atoms with van der Waals surface area (Å²) in [5.74, 6) is 1.54. The molecular formula is C35H50ClNO4. The molecule has 0 aliphatic carbocycles. The van der Waals surface area contributed by atoms with E-state index in [9.17, 15) is 0 Å². The van der Waals surface area contributed by atoms with Crippen molar-refractivity contribution in [3.05, 3.63) is 96.6 Å². The van der Waals surface area contributed by atoms with Gasteiger partial charge in [-0.3, -0.25) is 14.0 Å². The fraction of sp³-hybridized carbons (Fsp3) is 0.486. The van der Waals surface area contributed by atoms with Gasteiger partial charge in [-0.05, 0) is 68.0 Å². The van der Waals surface area contributed by atoms with E-state index in [-0.39, 0.29) is 24.6 Å². The van der Waals surface area contributed by atoms with Crippen molar-refractivity contribution < 1.29 is 35.8 Å². The van der Waals surface area contributed by atoms with Crippen LogP contribution in [0.2, 0.25) is 0 Å². The second-order valence-corrected chi connectivity index (χ2v) is 11.9. The first-order chi connectivity index (χ1) is 19.1. The molecule has 0 aliphatic rings. The van der Waals surface area contributed by atoms with Crippen LogP contribution in [0.15, 0.2) is 91.0 Å². The van der Waals surface area contributed by atoms with Gasteiger partial charge in [0.1, 0.15) is 23.7 Å². The minimum absolute atomic E-state index is 0. The number of hydrogen-bond donors (Lipinski definition) is 0. The van der Waals surface area contributed by atoms with Gasteiger partial charge in [0.05, 0.1) is 39.4 Å². The van der Waals surface area contributed by atoms with Gasteiger partial charge in [-0.15, -0.1) is 0 Å². The third-order valence-corrected chi connectivity index (χ3v) is 7.22. The Labute approximate surface area is 254 Å². The highest BCUT2D eigenvalue weighted by molar-refractivity contribution is 5.22. The number of quaternary nitrogens is 1. The maximum atomic E-state index is 6.98. The summed E-state index contributed by atoms with van der Waals surface area (Å²) in [5, 5.41) is 0. The number of benzene rings is 3. The van der Waals surface area contributed by atoms with Gasteiger partial charge >= 0.3 is 5.91 Å². The van der Waals surface area contributed by atoms with Crippen molar-refractivity contribution in [2.45, 2.75) is 65.6 Å². The Hall–Kier alpha value is -2.57. The van der Waals surface area contributed by atoms with E-state index in [1.165, 1.54) is 0 Å². The summed E-state index contributed by atoms with van der Waals surface area (Å²) in [5.41, 5.74) is 0.980. The van der Waals surface area contributed by atoms with Gasteiger partial charge in [0, 0.05) is 0 Å². The molecule has 2 atom stereocenters. The summed E-state index contributed by atoms with van der Waals surface area (Å²) in [7, 11) is 4.33. The monoisotopic (exact) mass is 583 g/mol. The van der Waals surface area contributed by atoms with Gasteiger partial charge in [-0.2, -0.15) is 0 Å². The Bertz CT molecular complexity index is 1030. The zero-order valence-corrected chi connectivity index (χ0v) is 26.7. The van der Waals surface area contributed by atoms with E-state index in [0.29, 0.717) is 29.5 Å². The Balaban J connectivity index is 0.00000588. The quantitative estimate of drug-likeness (QED) is 0.167. The highest BCUT2D eigenvalue weighted by Crippen LogP contribution is 2.37. The van der Waals surface area contributed by atoms with E-state index in [1.807, 2.05) is 78.9 Å². The standard InChI is InChI=1S/C35H50NO4.ClH/c1-8-36(6,7)35(30-18-12-9-13-19-30,37-26-33(24-28(2)3)39-31-20-14-10-15-21-31)38-27-34(25-29(4)5)40-32-22-16-11-17-23-32;/h9-23,28-29,33-34H,8,24-27H2,1-7H3;1H/q+1;/p-1. The van der Waals surface area contributed by atoms with Crippen LogP contribution < -0.4 is 21.9 Å². The molecule has 2 unspecified atom stereocenters. The molecule has 0 heterocycles. The minimum atomic E-state index is -1.05. The normalized spacial score (nSPS) is 14.7. The van der Waals surface area contributed by atoms with E-state index >= 15 is 0 Å². The molecule has 3 rings (SSSR count). The third-order valence-electron chi connectivity index (χ3n) is 7.22. The molecule has 0 saturated heterocycles. The maximum Gasteiger partial charge on any atom is 0.347 e. The van der Waals surface area contributed by atoms with Crippen LogP contribution >= 0.6 is 0 Å². The number of nitrogens with zero attached hydrogens (tertiary/aromatic N) is 1. The number of para-hydroxylation sites is 2. The summed E-state index contributed by atoms with van der Waals surface area (Å²) in [4.78, 5) is 0. The molecule has 0 N–H and O–H groups in total. The van der Waals surface area contributed by atoms with E-state index in [1.54, 1.807) is 0 Å². The fourth-order valence-corrected chi connectivity index (χ4v) is 4.91. The van der Waals surface area contributed by atoms with Crippen molar-refractivity contribution in [2.75, 3.05) is 33.9 Å². The largest absolute Gasteiger partial charge is 1.00 e. The second kappa shape index (κ2) is 16.8. The van der Waals surface area contributed by atoms with Gasteiger partial charge in [0.2, 0.25) is 0 Å². The van der Waals surface area contributed by atoms with Crippen molar-refractivity contribution >= 4 is 0 Å². The summed E-state index contributed by atoms with van der Waals surface area (Å²) in [6.45, 7) is 12.6. The van der Waals surface area contributed by atoms with Crippen LogP contribution in [0.5, 0.6) is 11.5 Å². The molecule has 0 aliphatic heterocycles. The Morgan fingerprint density at radius 3 is 1.32 bits per heavy atom. The smallest absolute Gasteiger partial charge is 0.347 e. The molecule has 3 aromatic rings. The van der Waals surface area contributed by atoms with Crippen molar-refractivity contribution in [2.24, 2.45) is 11.8 Å². The van der Waals surface area contributed by atoms with Gasteiger partial charge in [0.25, 0.3) is 0 Å². The molecule has 0 spiro atoms. The lowest BCUT2D eigenvalue weighted by atomic mass is 10.1. The van der Waals surface area contributed by atoms with Gasteiger partial charge in [-0.1, -0.05) is 82.3 Å². The highest BCUT2D eigenvalue weighted by atomic mass is 35.5. The van der Waals surface area contributed by atoms with E-state index in [4.69, 9.17) is 18.9 Å². The SMILES string of the molecule is CC[N+](C)(C)C(OCC(CC(C)C)Oc1ccccc1)(OCC(CC(C)C)Oc1ccccc1)c1ccccc1.[Cl-]. The lowest BCUT2D eigenvalue weighted by molar-refractivity contribution is -1.01. The molecule has 0 amide bonds. The van der Waals surface area contributed by atoms with Crippen LogP contribution in [-0.4, -0.2) is 50.5 Å². The number of ether oxygens (including phenoxy) is 4. The fourth-order valence-electron chi connectivity index (χ4n) is 4.91. The zero-order valence-electron chi connectivity index (χ0n) is 26.0. The summed E-state index contributed by atoms with van der Waals surface area (Å²) >= 11 is 0. The van der Waals surface area contributed by atoms with Crippen molar-refractivity contribution in [1.29, 1.82) is 0 Å². The zero-order chi connectivity index (χ0) is 29.0. The minimum Gasteiger partial charge on any atom is -1.00 e. The third kappa shape index (κ3) is 10.3. The van der Waals surface area contributed by atoms with Crippen molar-refractivity contribution in [3.63, 3.8) is 0 Å². The molecule has 5 nitrogen and oxygen atoms in total. The van der Waals surface area contributed by atoms with Crippen LogP contribution in [-0.2, 0) is 15.4 Å². The predicted molar refractivity (Wildman–Crippen MR) is 163 cm³/mol. The predicted octanol–water partition coefficient (Wildman–Crippen LogP) is 4.92. The lowest BCUT2D eigenvalue weighted by Gasteiger charge is -2.47. The molecule has 3 aromatic carbocycles. The molecule has 0 bridgehead atoms. The first-order valence-corrected chi connectivity index (χ1v) is 14.7. The molecule has 0 aromatic heterocycles. The average molecular weight is 584 g/mol. The lowest BCUT2D eigenvalue weighted by Crippen LogP contribution is -3.00. The van der Waals surface area contributed by atoms with Gasteiger partial charge in [-0.25, -0.2) is 0 Å². The van der Waals surface area contributed by atoms with Gasteiger partial charge in [0.15, 0.2) is 0 Å². The number of hydrogen-bond acceptors (Lipinski definition) is 4. The molecule has 0 radical (unpaired) electrons. The molecule has 0 fully saturated rings. The maximum absolute atomic E-state index is 6.98. The second-order valence-electron chi connectivity index (χ2n) is 11.9. The Morgan fingerprint density at radius 2 is 0.976 bits per heavy atom.